The van der Waals surface area contributed by atoms with Crippen molar-refractivity contribution in [3.8, 4) is 0 Å². The molecule has 2 N–H and O–H groups in total. The fraction of sp³-hybridized carbons (Fsp3) is 0.625. The third-order valence-electron chi connectivity index (χ3n) is 3.44. The first-order valence-electron chi connectivity index (χ1n) is 7.58. The smallest absolute Gasteiger partial charge is 0.407 e. The lowest BCUT2D eigenvalue weighted by Gasteiger charge is -2.22. The van der Waals surface area contributed by atoms with Crippen LogP contribution >= 0.6 is 11.3 Å². The summed E-state index contributed by atoms with van der Waals surface area (Å²) in [6, 6.07) is 1.89. The first-order valence-corrected chi connectivity index (χ1v) is 8.46. The second-order valence-electron chi connectivity index (χ2n) is 6.73. The quantitative estimate of drug-likeness (QED) is 0.874. The molecule has 22 heavy (non-hydrogen) atoms. The molecule has 1 aromatic heterocycles. The van der Waals surface area contributed by atoms with E-state index < -0.39 is 11.7 Å². The Bertz CT molecular complexity index is 544. The molecule has 2 rings (SSSR count). The maximum atomic E-state index is 12.3. The Morgan fingerprint density at radius 2 is 2.09 bits per heavy atom. The van der Waals surface area contributed by atoms with Gasteiger partial charge >= 0.3 is 6.09 Å². The lowest BCUT2D eigenvalue weighted by atomic mass is 10.1. The minimum absolute atomic E-state index is 0.0403. The average molecular weight is 324 g/mol. The first kappa shape index (κ1) is 16.8. The zero-order valence-electron chi connectivity index (χ0n) is 13.6. The van der Waals surface area contributed by atoms with Crippen LogP contribution in [0.1, 0.15) is 48.8 Å². The molecule has 0 radical (unpaired) electrons. The van der Waals surface area contributed by atoms with E-state index in [1.54, 1.807) is 0 Å². The summed E-state index contributed by atoms with van der Waals surface area (Å²) < 4.78 is 5.22. The summed E-state index contributed by atoms with van der Waals surface area (Å²) in [7, 11) is 0. The van der Waals surface area contributed by atoms with Gasteiger partial charge in [0.1, 0.15) is 5.60 Å². The van der Waals surface area contributed by atoms with Gasteiger partial charge in [-0.2, -0.15) is 0 Å². The molecule has 1 heterocycles. The molecule has 122 valence electrons. The number of hydrogen-bond acceptors (Lipinski definition) is 4. The zero-order valence-corrected chi connectivity index (χ0v) is 14.4. The normalized spacial score (nSPS) is 16.0. The van der Waals surface area contributed by atoms with Crippen LogP contribution < -0.4 is 10.6 Å². The first-order chi connectivity index (χ1) is 10.3. The highest BCUT2D eigenvalue weighted by Crippen LogP contribution is 2.32. The van der Waals surface area contributed by atoms with Gasteiger partial charge in [0.15, 0.2) is 0 Å². The predicted octanol–water partition coefficient (Wildman–Crippen LogP) is 3.09. The molecule has 1 aliphatic rings. The van der Waals surface area contributed by atoms with E-state index in [2.05, 4.69) is 10.6 Å². The molecule has 1 fully saturated rings. The van der Waals surface area contributed by atoms with Crippen LogP contribution in [0.25, 0.3) is 0 Å². The molecule has 0 spiro atoms. The Hall–Kier alpha value is -1.56. The van der Waals surface area contributed by atoms with Crippen molar-refractivity contribution in [3.05, 3.63) is 21.9 Å². The Labute approximate surface area is 135 Å². The SMILES string of the molecule is Cc1ccsc1C(=O)NC(CNC(=O)OC(C)(C)C)C1CC1. The predicted molar refractivity (Wildman–Crippen MR) is 87.3 cm³/mol. The van der Waals surface area contributed by atoms with Gasteiger partial charge in [-0.15, -0.1) is 11.3 Å². The third-order valence-corrected chi connectivity index (χ3v) is 4.46. The Kier molecular flexibility index (Phi) is 5.11. The van der Waals surface area contributed by atoms with Crippen LogP contribution in [-0.2, 0) is 4.74 Å². The van der Waals surface area contributed by atoms with Crippen LogP contribution in [0.15, 0.2) is 11.4 Å². The molecule has 0 aromatic carbocycles. The molecule has 6 heteroatoms. The standard InChI is InChI=1S/C16H24N2O3S/c1-10-7-8-22-13(10)14(19)18-12(11-5-6-11)9-17-15(20)21-16(2,3)4/h7-8,11-12H,5-6,9H2,1-4H3,(H,17,20)(H,18,19). The molecule has 1 aliphatic carbocycles. The van der Waals surface area contributed by atoms with E-state index in [0.717, 1.165) is 23.3 Å². The topological polar surface area (TPSA) is 67.4 Å². The van der Waals surface area contributed by atoms with Gasteiger partial charge in [-0.1, -0.05) is 0 Å². The van der Waals surface area contributed by atoms with Crippen LogP contribution in [0.2, 0.25) is 0 Å². The van der Waals surface area contributed by atoms with Crippen LogP contribution in [0.5, 0.6) is 0 Å². The van der Waals surface area contributed by atoms with Crippen LogP contribution in [0.4, 0.5) is 4.79 Å². The van der Waals surface area contributed by atoms with Crippen molar-refractivity contribution >= 4 is 23.3 Å². The minimum atomic E-state index is -0.517. The number of aryl methyl sites for hydroxylation is 1. The summed E-state index contributed by atoms with van der Waals surface area (Å²) in [5.74, 6) is 0.384. The fourth-order valence-electron chi connectivity index (χ4n) is 2.18. The molecule has 1 atom stereocenters. The summed E-state index contributed by atoms with van der Waals surface area (Å²) in [4.78, 5) is 24.8. The van der Waals surface area contributed by atoms with Crippen molar-refractivity contribution in [1.29, 1.82) is 0 Å². The van der Waals surface area contributed by atoms with Crippen molar-refractivity contribution in [2.24, 2.45) is 5.92 Å². The number of rotatable bonds is 5. The van der Waals surface area contributed by atoms with Crippen molar-refractivity contribution < 1.29 is 14.3 Å². The Balaban J connectivity index is 1.87. The number of nitrogens with one attached hydrogen (secondary N) is 2. The van der Waals surface area contributed by atoms with Gasteiger partial charge in [0, 0.05) is 12.6 Å². The summed E-state index contributed by atoms with van der Waals surface area (Å²) in [5.41, 5.74) is 0.466. The number of hydrogen-bond donors (Lipinski definition) is 2. The average Bonchev–Trinajstić information content (AvgIpc) is 3.14. The number of thiophene rings is 1. The maximum Gasteiger partial charge on any atom is 0.407 e. The highest BCUT2D eigenvalue weighted by Gasteiger charge is 2.33. The fourth-order valence-corrected chi connectivity index (χ4v) is 3.01. The molecule has 1 aromatic rings. The number of amides is 2. The van der Waals surface area contributed by atoms with Gasteiger partial charge in [-0.05, 0) is 63.5 Å². The Morgan fingerprint density at radius 3 is 2.59 bits per heavy atom. The molecule has 0 bridgehead atoms. The van der Waals surface area contributed by atoms with Gasteiger partial charge < -0.3 is 15.4 Å². The van der Waals surface area contributed by atoms with Gasteiger partial charge in [0.05, 0.1) is 4.88 Å². The van der Waals surface area contributed by atoms with E-state index in [0.29, 0.717) is 12.5 Å². The summed E-state index contributed by atoms with van der Waals surface area (Å²) in [6.45, 7) is 7.80. The maximum absolute atomic E-state index is 12.3. The molecular weight excluding hydrogens is 300 g/mol. The van der Waals surface area contributed by atoms with E-state index in [9.17, 15) is 9.59 Å². The van der Waals surface area contributed by atoms with Crippen molar-refractivity contribution in [1.82, 2.24) is 10.6 Å². The summed E-state index contributed by atoms with van der Waals surface area (Å²) in [5, 5.41) is 7.71. The van der Waals surface area contributed by atoms with Crippen molar-refractivity contribution in [3.63, 3.8) is 0 Å². The lowest BCUT2D eigenvalue weighted by molar-refractivity contribution is 0.0518. The monoisotopic (exact) mass is 324 g/mol. The van der Waals surface area contributed by atoms with Crippen LogP contribution in [0.3, 0.4) is 0 Å². The van der Waals surface area contributed by atoms with E-state index in [1.807, 2.05) is 39.1 Å². The van der Waals surface area contributed by atoms with Gasteiger partial charge in [-0.25, -0.2) is 4.79 Å². The lowest BCUT2D eigenvalue weighted by Crippen LogP contribution is -2.46. The number of alkyl carbamates (subject to hydrolysis) is 1. The van der Waals surface area contributed by atoms with Gasteiger partial charge in [0.2, 0.25) is 0 Å². The second kappa shape index (κ2) is 6.69. The molecule has 2 amide bonds. The highest BCUT2D eigenvalue weighted by molar-refractivity contribution is 7.12. The second-order valence-corrected chi connectivity index (χ2v) is 7.65. The largest absolute Gasteiger partial charge is 0.444 e. The molecule has 1 saturated carbocycles. The zero-order chi connectivity index (χ0) is 16.3. The number of ether oxygens (including phenoxy) is 1. The van der Waals surface area contributed by atoms with Gasteiger partial charge in [0.25, 0.3) is 5.91 Å². The van der Waals surface area contributed by atoms with Crippen LogP contribution in [0, 0.1) is 12.8 Å². The van der Waals surface area contributed by atoms with Gasteiger partial charge in [-0.3, -0.25) is 4.79 Å². The molecule has 0 aliphatic heterocycles. The van der Waals surface area contributed by atoms with E-state index in [1.165, 1.54) is 11.3 Å². The molecule has 0 saturated heterocycles. The van der Waals surface area contributed by atoms with E-state index in [-0.39, 0.29) is 11.9 Å². The number of carbonyl (C=O) groups excluding carboxylic acids is 2. The number of carbonyl (C=O) groups is 2. The Morgan fingerprint density at radius 1 is 1.41 bits per heavy atom. The third kappa shape index (κ3) is 5.02. The summed E-state index contributed by atoms with van der Waals surface area (Å²) >= 11 is 1.44. The summed E-state index contributed by atoms with van der Waals surface area (Å²) in [6.07, 6.45) is 1.73. The minimum Gasteiger partial charge on any atom is -0.444 e. The van der Waals surface area contributed by atoms with Crippen molar-refractivity contribution in [2.75, 3.05) is 6.54 Å². The van der Waals surface area contributed by atoms with E-state index in [4.69, 9.17) is 4.74 Å². The van der Waals surface area contributed by atoms with Crippen LogP contribution in [-0.4, -0.2) is 30.2 Å². The van der Waals surface area contributed by atoms with Crippen molar-refractivity contribution in [2.45, 2.75) is 52.2 Å². The molecule has 1 unspecified atom stereocenters. The molecule has 5 nitrogen and oxygen atoms in total. The molecular formula is C16H24N2O3S. The highest BCUT2D eigenvalue weighted by atomic mass is 32.1. The van der Waals surface area contributed by atoms with E-state index >= 15 is 0 Å².